The molecule has 12 heteroatoms. The zero-order valence-corrected chi connectivity index (χ0v) is 19.6. The number of carbonyl (C=O) groups excluding carboxylic acids is 2. The minimum absolute atomic E-state index is 0.0366. The Kier molecular flexibility index (Phi) is 6.26. The fourth-order valence-electron chi connectivity index (χ4n) is 3.74. The van der Waals surface area contributed by atoms with Crippen molar-refractivity contribution in [3.05, 3.63) is 58.0 Å². The van der Waals surface area contributed by atoms with Gasteiger partial charge in [0, 0.05) is 37.6 Å². The average Bonchev–Trinajstić information content (AvgIpc) is 3.15. The van der Waals surface area contributed by atoms with E-state index in [1.165, 1.54) is 35.4 Å². The second kappa shape index (κ2) is 8.85. The van der Waals surface area contributed by atoms with Crippen molar-refractivity contribution in [2.24, 2.45) is 0 Å². The number of likely N-dealkylation sites (tertiary alicyclic amines) is 1. The Balaban J connectivity index is 1.61. The lowest BCUT2D eigenvalue weighted by atomic mass is 10.0. The summed E-state index contributed by atoms with van der Waals surface area (Å²) in [6, 6.07) is 6.07. The van der Waals surface area contributed by atoms with Gasteiger partial charge in [-0.15, -0.1) is 0 Å². The monoisotopic (exact) mass is 512 g/mol. The highest BCUT2D eigenvalue weighted by atomic mass is 35.5. The van der Waals surface area contributed by atoms with Gasteiger partial charge in [-0.05, 0) is 30.7 Å². The minimum Gasteiger partial charge on any atom is -0.358 e. The van der Waals surface area contributed by atoms with Crippen molar-refractivity contribution in [1.82, 2.24) is 15.2 Å². The van der Waals surface area contributed by atoms with Crippen molar-refractivity contribution in [2.75, 3.05) is 18.3 Å². The van der Waals surface area contributed by atoms with E-state index in [9.17, 15) is 18.0 Å². The van der Waals surface area contributed by atoms with Gasteiger partial charge in [0.2, 0.25) is 5.91 Å². The van der Waals surface area contributed by atoms with E-state index in [4.69, 9.17) is 23.2 Å². The number of aromatic amines is 1. The number of H-pyrrole nitrogens is 1. The molecule has 2 amide bonds. The maximum absolute atomic E-state index is 15.2. The summed E-state index contributed by atoms with van der Waals surface area (Å²) in [5.74, 6) is -1.98. The van der Waals surface area contributed by atoms with Crippen LogP contribution in [-0.4, -0.2) is 49.8 Å². The van der Waals surface area contributed by atoms with Crippen LogP contribution in [0, 0.1) is 5.82 Å². The molecule has 1 aromatic heterocycles. The number of fused-ring (bicyclic) bond motifs is 1. The normalized spacial score (nSPS) is 16.8. The molecule has 33 heavy (non-hydrogen) atoms. The van der Waals surface area contributed by atoms with Gasteiger partial charge >= 0.3 is 0 Å². The Labute approximate surface area is 199 Å². The molecule has 4 rings (SSSR count). The fraction of sp³-hybridized carbons (Fsp3) is 0.238. The standard InChI is InChI=1S/C21H19Cl2FN4O4S/c1-28-10-11(5-8-17(28)29)26-21(30)12-3-2-4-16(19(12)24)33(31,32)27-15-7-6-13(22)18-14(23)9-25-20(15)18/h2-4,6-7,9,11,25,27H,5,8,10H2,1H3,(H,26,30)/t11-/m0/s1. The van der Waals surface area contributed by atoms with Crippen LogP contribution in [0.15, 0.2) is 41.4 Å². The topological polar surface area (TPSA) is 111 Å². The first kappa shape index (κ1) is 23.3. The van der Waals surface area contributed by atoms with E-state index in [-0.39, 0.29) is 30.6 Å². The van der Waals surface area contributed by atoms with Crippen molar-refractivity contribution in [1.29, 1.82) is 0 Å². The van der Waals surface area contributed by atoms with E-state index in [1.54, 1.807) is 7.05 Å². The maximum Gasteiger partial charge on any atom is 0.264 e. The fourth-order valence-corrected chi connectivity index (χ4v) is 5.47. The molecule has 2 heterocycles. The smallest absolute Gasteiger partial charge is 0.264 e. The second-order valence-electron chi connectivity index (χ2n) is 7.69. The molecule has 1 saturated heterocycles. The molecule has 0 spiro atoms. The summed E-state index contributed by atoms with van der Waals surface area (Å²) >= 11 is 12.2. The van der Waals surface area contributed by atoms with Crippen LogP contribution in [0.25, 0.3) is 10.9 Å². The molecule has 0 unspecified atom stereocenters. The molecule has 0 aliphatic carbocycles. The van der Waals surface area contributed by atoms with Crippen LogP contribution in [0.2, 0.25) is 10.0 Å². The van der Waals surface area contributed by atoms with Gasteiger partial charge in [-0.3, -0.25) is 14.3 Å². The predicted octanol–water partition coefficient (Wildman–Crippen LogP) is 3.77. The Morgan fingerprint density at radius 2 is 1.97 bits per heavy atom. The predicted molar refractivity (Wildman–Crippen MR) is 124 cm³/mol. The van der Waals surface area contributed by atoms with Gasteiger partial charge in [0.25, 0.3) is 15.9 Å². The maximum atomic E-state index is 15.2. The summed E-state index contributed by atoms with van der Waals surface area (Å²) < 4.78 is 43.5. The lowest BCUT2D eigenvalue weighted by Crippen LogP contribution is -2.48. The van der Waals surface area contributed by atoms with Crippen LogP contribution in [0.3, 0.4) is 0 Å². The number of hydrogen-bond donors (Lipinski definition) is 3. The largest absolute Gasteiger partial charge is 0.358 e. The Morgan fingerprint density at radius 1 is 1.21 bits per heavy atom. The third kappa shape index (κ3) is 4.50. The molecular formula is C21H19Cl2FN4O4S. The molecule has 1 atom stereocenters. The summed E-state index contributed by atoms with van der Waals surface area (Å²) in [6.07, 6.45) is 2.14. The molecular weight excluding hydrogens is 494 g/mol. The molecule has 174 valence electrons. The molecule has 3 N–H and O–H groups in total. The Morgan fingerprint density at radius 3 is 2.70 bits per heavy atom. The number of piperidine rings is 1. The molecule has 1 fully saturated rings. The number of nitrogens with one attached hydrogen (secondary N) is 3. The van der Waals surface area contributed by atoms with E-state index < -0.39 is 32.2 Å². The summed E-state index contributed by atoms with van der Waals surface area (Å²) in [6.45, 7) is 0.289. The summed E-state index contributed by atoms with van der Waals surface area (Å²) in [7, 11) is -2.79. The molecule has 0 saturated carbocycles. The van der Waals surface area contributed by atoms with Crippen LogP contribution >= 0.6 is 23.2 Å². The number of benzene rings is 2. The second-order valence-corrected chi connectivity index (χ2v) is 10.2. The number of hydrogen-bond acceptors (Lipinski definition) is 4. The number of aromatic nitrogens is 1. The van der Waals surface area contributed by atoms with Gasteiger partial charge in [0.1, 0.15) is 4.90 Å². The molecule has 8 nitrogen and oxygen atoms in total. The molecule has 1 aliphatic rings. The van der Waals surface area contributed by atoms with Crippen molar-refractivity contribution < 1.29 is 22.4 Å². The minimum atomic E-state index is -4.41. The average molecular weight is 513 g/mol. The van der Waals surface area contributed by atoms with E-state index in [0.717, 1.165) is 6.07 Å². The lowest BCUT2D eigenvalue weighted by molar-refractivity contribution is -0.132. The first-order valence-corrected chi connectivity index (χ1v) is 12.1. The first-order chi connectivity index (χ1) is 15.6. The SMILES string of the molecule is CN1C[C@@H](NC(=O)c2cccc(S(=O)(=O)Nc3ccc(Cl)c4c(Cl)c[nH]c34)c2F)CCC1=O. The molecule has 0 bridgehead atoms. The van der Waals surface area contributed by atoms with Crippen LogP contribution in [0.5, 0.6) is 0 Å². The van der Waals surface area contributed by atoms with Crippen molar-refractivity contribution in [3.63, 3.8) is 0 Å². The summed E-state index contributed by atoms with van der Waals surface area (Å²) in [5, 5.41) is 3.71. The molecule has 2 aromatic carbocycles. The van der Waals surface area contributed by atoms with Gasteiger partial charge in [0.05, 0.1) is 26.8 Å². The molecule has 1 aliphatic heterocycles. The number of rotatable bonds is 5. The number of likely N-dealkylation sites (N-methyl/N-ethyl adjacent to an activating group) is 1. The van der Waals surface area contributed by atoms with Crippen molar-refractivity contribution in [2.45, 2.75) is 23.8 Å². The zero-order chi connectivity index (χ0) is 23.9. The van der Waals surface area contributed by atoms with Crippen molar-refractivity contribution in [3.8, 4) is 0 Å². The van der Waals surface area contributed by atoms with Crippen LogP contribution in [0.4, 0.5) is 10.1 Å². The van der Waals surface area contributed by atoms with Crippen LogP contribution < -0.4 is 10.0 Å². The number of carbonyl (C=O) groups is 2. The van der Waals surface area contributed by atoms with Crippen molar-refractivity contribution >= 4 is 61.6 Å². The molecule has 0 radical (unpaired) electrons. The Bertz CT molecular complexity index is 1380. The summed E-state index contributed by atoms with van der Waals surface area (Å²) in [4.78, 5) is 27.9. The number of nitrogens with zero attached hydrogens (tertiary/aromatic N) is 1. The first-order valence-electron chi connectivity index (χ1n) is 9.89. The Hall–Kier alpha value is -2.82. The third-order valence-electron chi connectivity index (χ3n) is 5.44. The summed E-state index contributed by atoms with van der Waals surface area (Å²) in [5.41, 5.74) is 0.0356. The highest BCUT2D eigenvalue weighted by molar-refractivity contribution is 7.92. The lowest BCUT2D eigenvalue weighted by Gasteiger charge is -2.30. The van der Waals surface area contributed by atoms with E-state index in [2.05, 4.69) is 15.0 Å². The quantitative estimate of drug-likeness (QED) is 0.483. The zero-order valence-electron chi connectivity index (χ0n) is 17.3. The van der Waals surface area contributed by atoms with E-state index in [1.807, 2.05) is 0 Å². The van der Waals surface area contributed by atoms with Gasteiger partial charge in [-0.25, -0.2) is 12.8 Å². The highest BCUT2D eigenvalue weighted by Crippen LogP contribution is 2.35. The van der Waals surface area contributed by atoms with Crippen LogP contribution in [0.1, 0.15) is 23.2 Å². The van der Waals surface area contributed by atoms with E-state index in [0.29, 0.717) is 27.4 Å². The van der Waals surface area contributed by atoms with Crippen LogP contribution in [-0.2, 0) is 14.8 Å². The molecule has 3 aromatic rings. The van der Waals surface area contributed by atoms with E-state index >= 15 is 4.39 Å². The van der Waals surface area contributed by atoms with Gasteiger partial charge in [-0.1, -0.05) is 29.3 Å². The number of amides is 2. The number of halogens is 3. The highest BCUT2D eigenvalue weighted by Gasteiger charge is 2.28. The van der Waals surface area contributed by atoms with Gasteiger partial charge < -0.3 is 15.2 Å². The number of anilines is 1. The third-order valence-corrected chi connectivity index (χ3v) is 7.44. The number of sulfonamides is 1. The van der Waals surface area contributed by atoms with Gasteiger partial charge in [-0.2, -0.15) is 0 Å². The van der Waals surface area contributed by atoms with Gasteiger partial charge in [0.15, 0.2) is 5.82 Å².